The van der Waals surface area contributed by atoms with Gasteiger partial charge in [-0.05, 0) is 18.9 Å². The number of ether oxygens (including phenoxy) is 2. The van der Waals surface area contributed by atoms with Crippen LogP contribution in [-0.2, 0) is 16.1 Å². The van der Waals surface area contributed by atoms with Crippen molar-refractivity contribution in [1.29, 1.82) is 0 Å². The highest BCUT2D eigenvalue weighted by Gasteiger charge is 2.53. The highest BCUT2D eigenvalue weighted by Crippen LogP contribution is 2.50. The number of aromatic nitrogens is 2. The van der Waals surface area contributed by atoms with Gasteiger partial charge in [-0.25, -0.2) is 4.98 Å². The van der Waals surface area contributed by atoms with Crippen LogP contribution in [0.1, 0.15) is 44.4 Å². The molecule has 6 heteroatoms. The van der Waals surface area contributed by atoms with Crippen LogP contribution in [0.25, 0.3) is 11.1 Å². The SMILES string of the molecule is CC[C@H]1O[C@@H](c2coc3c(=O)[nH]cnc23)[C@](C)(OCc2ccccc2)[C@@H]1C. The molecule has 1 aromatic carbocycles. The Morgan fingerprint density at radius 1 is 1.30 bits per heavy atom. The number of aromatic amines is 1. The molecule has 1 fully saturated rings. The Morgan fingerprint density at radius 3 is 2.81 bits per heavy atom. The van der Waals surface area contributed by atoms with Gasteiger partial charge < -0.3 is 18.9 Å². The molecule has 0 spiro atoms. The van der Waals surface area contributed by atoms with E-state index in [0.29, 0.717) is 12.1 Å². The van der Waals surface area contributed by atoms with Crippen molar-refractivity contribution in [3.8, 4) is 0 Å². The molecule has 2 aromatic heterocycles. The Labute approximate surface area is 157 Å². The zero-order valence-electron chi connectivity index (χ0n) is 15.8. The topological polar surface area (TPSA) is 77.4 Å². The van der Waals surface area contributed by atoms with Crippen LogP contribution in [0.2, 0.25) is 0 Å². The van der Waals surface area contributed by atoms with E-state index in [1.807, 2.05) is 30.3 Å². The van der Waals surface area contributed by atoms with Gasteiger partial charge in [0.2, 0.25) is 5.58 Å². The van der Waals surface area contributed by atoms with Crippen molar-refractivity contribution >= 4 is 11.1 Å². The fourth-order valence-corrected chi connectivity index (χ4v) is 3.95. The van der Waals surface area contributed by atoms with Crippen LogP contribution in [0.15, 0.2) is 52.1 Å². The molecule has 4 rings (SSSR count). The van der Waals surface area contributed by atoms with E-state index in [1.54, 1.807) is 6.26 Å². The van der Waals surface area contributed by atoms with Gasteiger partial charge in [0.1, 0.15) is 17.2 Å². The first-order valence-corrected chi connectivity index (χ1v) is 9.32. The first-order chi connectivity index (χ1) is 13.0. The van der Waals surface area contributed by atoms with Crippen LogP contribution >= 0.6 is 0 Å². The van der Waals surface area contributed by atoms with E-state index >= 15 is 0 Å². The van der Waals surface area contributed by atoms with Crippen molar-refractivity contribution in [2.45, 2.75) is 51.6 Å². The van der Waals surface area contributed by atoms with E-state index in [-0.39, 0.29) is 29.3 Å². The van der Waals surface area contributed by atoms with Crippen molar-refractivity contribution < 1.29 is 13.9 Å². The minimum Gasteiger partial charge on any atom is -0.456 e. The Kier molecular flexibility index (Phi) is 4.61. The van der Waals surface area contributed by atoms with Crippen LogP contribution in [0.5, 0.6) is 0 Å². The van der Waals surface area contributed by atoms with Crippen molar-refractivity contribution in [2.75, 3.05) is 0 Å². The third-order valence-corrected chi connectivity index (χ3v) is 5.76. The second kappa shape index (κ2) is 6.94. The first-order valence-electron chi connectivity index (χ1n) is 9.32. The number of benzene rings is 1. The van der Waals surface area contributed by atoms with Gasteiger partial charge in [-0.1, -0.05) is 44.2 Å². The number of hydrogen-bond acceptors (Lipinski definition) is 5. The van der Waals surface area contributed by atoms with Crippen molar-refractivity contribution in [1.82, 2.24) is 9.97 Å². The van der Waals surface area contributed by atoms with E-state index < -0.39 is 5.60 Å². The smallest absolute Gasteiger partial charge is 0.294 e. The maximum absolute atomic E-state index is 12.0. The molecule has 1 saturated heterocycles. The number of furan rings is 1. The summed E-state index contributed by atoms with van der Waals surface area (Å²) in [7, 11) is 0. The number of H-pyrrole nitrogens is 1. The molecule has 1 aliphatic rings. The third-order valence-electron chi connectivity index (χ3n) is 5.76. The quantitative estimate of drug-likeness (QED) is 0.737. The van der Waals surface area contributed by atoms with E-state index in [0.717, 1.165) is 17.5 Å². The molecule has 3 aromatic rings. The van der Waals surface area contributed by atoms with Crippen LogP contribution in [-0.4, -0.2) is 21.7 Å². The maximum atomic E-state index is 12.0. The van der Waals surface area contributed by atoms with Gasteiger partial charge in [0.05, 0.1) is 25.3 Å². The van der Waals surface area contributed by atoms with E-state index in [1.165, 1.54) is 6.33 Å². The molecule has 27 heavy (non-hydrogen) atoms. The number of fused-ring (bicyclic) bond motifs is 1. The molecule has 3 heterocycles. The van der Waals surface area contributed by atoms with Crippen LogP contribution in [0, 0.1) is 5.92 Å². The second-order valence-corrected chi connectivity index (χ2v) is 7.31. The molecule has 0 unspecified atom stereocenters. The average Bonchev–Trinajstić information content (AvgIpc) is 3.22. The van der Waals surface area contributed by atoms with Crippen molar-refractivity contribution in [2.24, 2.45) is 5.92 Å². The van der Waals surface area contributed by atoms with E-state index in [2.05, 4.69) is 30.7 Å². The molecule has 0 radical (unpaired) electrons. The lowest BCUT2D eigenvalue weighted by atomic mass is 9.82. The molecule has 142 valence electrons. The maximum Gasteiger partial charge on any atom is 0.294 e. The lowest BCUT2D eigenvalue weighted by molar-refractivity contribution is -0.105. The van der Waals surface area contributed by atoms with Gasteiger partial charge in [-0.3, -0.25) is 4.79 Å². The van der Waals surface area contributed by atoms with Gasteiger partial charge in [-0.2, -0.15) is 0 Å². The van der Waals surface area contributed by atoms with Crippen molar-refractivity contribution in [3.63, 3.8) is 0 Å². The summed E-state index contributed by atoms with van der Waals surface area (Å²) in [5, 5.41) is 0. The molecule has 4 atom stereocenters. The van der Waals surface area contributed by atoms with Gasteiger partial charge in [-0.15, -0.1) is 0 Å². The fraction of sp³-hybridized carbons (Fsp3) is 0.429. The van der Waals surface area contributed by atoms with Crippen LogP contribution in [0.4, 0.5) is 0 Å². The summed E-state index contributed by atoms with van der Waals surface area (Å²) in [6.07, 6.45) is 3.54. The van der Waals surface area contributed by atoms with Gasteiger partial charge in [0.25, 0.3) is 5.56 Å². The summed E-state index contributed by atoms with van der Waals surface area (Å²) in [6.45, 7) is 6.83. The highest BCUT2D eigenvalue weighted by molar-refractivity contribution is 5.75. The predicted octanol–water partition coefficient (Wildman–Crippen LogP) is 3.98. The van der Waals surface area contributed by atoms with Crippen molar-refractivity contribution in [3.05, 3.63) is 64.4 Å². The average molecular weight is 368 g/mol. The molecular weight excluding hydrogens is 344 g/mol. The standard InChI is InChI=1S/C21H24N2O4/c1-4-16-13(2)21(3,26-10-14-8-6-5-7-9-14)19(27-16)15-11-25-18-17(15)22-12-23-20(18)24/h5-9,11-13,16,19H,4,10H2,1-3H3,(H,22,23,24)/t13-,16-,19+,21-/m1/s1. The number of nitrogens with one attached hydrogen (secondary N) is 1. The summed E-state index contributed by atoms with van der Waals surface area (Å²) in [4.78, 5) is 18.9. The third kappa shape index (κ3) is 2.99. The number of nitrogens with zero attached hydrogens (tertiary/aromatic N) is 1. The van der Waals surface area contributed by atoms with Gasteiger partial charge in [0, 0.05) is 11.5 Å². The van der Waals surface area contributed by atoms with E-state index in [4.69, 9.17) is 13.9 Å². The Bertz CT molecular complexity index is 981. The Balaban J connectivity index is 1.72. The Hall–Kier alpha value is -2.44. The normalized spacial score (nSPS) is 28.0. The summed E-state index contributed by atoms with van der Waals surface area (Å²) < 4.78 is 18.3. The fourth-order valence-electron chi connectivity index (χ4n) is 3.95. The highest BCUT2D eigenvalue weighted by atomic mass is 16.6. The summed E-state index contributed by atoms with van der Waals surface area (Å²) in [5.74, 6) is 0.170. The molecule has 0 aliphatic carbocycles. The molecular formula is C21H24N2O4. The zero-order valence-corrected chi connectivity index (χ0v) is 15.8. The van der Waals surface area contributed by atoms with Gasteiger partial charge in [0.15, 0.2) is 0 Å². The lowest BCUT2D eigenvalue weighted by Gasteiger charge is -2.33. The molecule has 1 N–H and O–H groups in total. The molecule has 6 nitrogen and oxygen atoms in total. The minimum atomic E-state index is -0.572. The molecule has 0 saturated carbocycles. The largest absolute Gasteiger partial charge is 0.456 e. The Morgan fingerprint density at radius 2 is 2.07 bits per heavy atom. The van der Waals surface area contributed by atoms with E-state index in [9.17, 15) is 4.79 Å². The number of hydrogen-bond donors (Lipinski definition) is 1. The lowest BCUT2D eigenvalue weighted by Crippen LogP contribution is -2.39. The predicted molar refractivity (Wildman–Crippen MR) is 101 cm³/mol. The first kappa shape index (κ1) is 17.9. The summed E-state index contributed by atoms with van der Waals surface area (Å²) >= 11 is 0. The molecule has 0 bridgehead atoms. The minimum absolute atomic E-state index is 0.0581. The number of rotatable bonds is 5. The second-order valence-electron chi connectivity index (χ2n) is 7.31. The summed E-state index contributed by atoms with van der Waals surface area (Å²) in [5.41, 5.74) is 1.75. The molecule has 1 aliphatic heterocycles. The van der Waals surface area contributed by atoms with Gasteiger partial charge >= 0.3 is 0 Å². The zero-order chi connectivity index (χ0) is 19.0. The van der Waals surface area contributed by atoms with Crippen LogP contribution in [0.3, 0.4) is 0 Å². The monoisotopic (exact) mass is 368 g/mol. The van der Waals surface area contributed by atoms with Crippen LogP contribution < -0.4 is 5.56 Å². The molecule has 0 amide bonds. The summed E-state index contributed by atoms with van der Waals surface area (Å²) in [6, 6.07) is 10.1.